The predicted molar refractivity (Wildman–Crippen MR) is 110 cm³/mol. The van der Waals surface area contributed by atoms with Gasteiger partial charge in [0.1, 0.15) is 16.9 Å². The molecule has 0 spiro atoms. The average Bonchev–Trinajstić information content (AvgIpc) is 3.51. The van der Waals surface area contributed by atoms with E-state index >= 15 is 0 Å². The normalized spacial score (nSPS) is 11.5. The van der Waals surface area contributed by atoms with Crippen molar-refractivity contribution >= 4 is 22.2 Å². The number of nitrogens with zero attached hydrogens (tertiary/aromatic N) is 5. The first-order valence-corrected chi connectivity index (χ1v) is 9.22. The molecule has 0 aliphatic rings. The summed E-state index contributed by atoms with van der Waals surface area (Å²) in [6.07, 6.45) is 5.11. The Bertz CT molecular complexity index is 1510. The van der Waals surface area contributed by atoms with Gasteiger partial charge in [-0.1, -0.05) is 18.2 Å². The summed E-state index contributed by atoms with van der Waals surface area (Å²) in [5, 5.41) is 14.1. The molecule has 0 radical (unpaired) electrons. The fourth-order valence-corrected chi connectivity index (χ4v) is 3.54. The minimum Gasteiger partial charge on any atom is -0.321 e. The molecule has 1 aromatic carbocycles. The summed E-state index contributed by atoms with van der Waals surface area (Å²) in [6.45, 7) is 0. The Hall–Kier alpha value is -4.40. The van der Waals surface area contributed by atoms with Gasteiger partial charge < -0.3 is 4.98 Å². The average molecular weight is 396 g/mol. The number of imidazole rings is 1. The van der Waals surface area contributed by atoms with E-state index in [9.17, 15) is 4.39 Å². The van der Waals surface area contributed by atoms with Crippen molar-refractivity contribution in [2.75, 3.05) is 0 Å². The topological polar surface area (TPSA) is 112 Å². The number of halogens is 1. The van der Waals surface area contributed by atoms with Gasteiger partial charge in [-0.3, -0.25) is 10.2 Å². The van der Waals surface area contributed by atoms with Crippen LogP contribution in [0.25, 0.3) is 56.1 Å². The maximum Gasteiger partial charge on any atom is 0.162 e. The lowest BCUT2D eigenvalue weighted by molar-refractivity contribution is 0.631. The zero-order valence-corrected chi connectivity index (χ0v) is 15.4. The summed E-state index contributed by atoms with van der Waals surface area (Å²) in [7, 11) is 0. The number of nitrogens with one attached hydrogen (secondary N) is 3. The number of hydrogen-bond acceptors (Lipinski definition) is 5. The first-order chi connectivity index (χ1) is 14.8. The van der Waals surface area contributed by atoms with Crippen molar-refractivity contribution in [3.8, 4) is 33.9 Å². The summed E-state index contributed by atoms with van der Waals surface area (Å²) in [5.41, 5.74) is 5.89. The van der Waals surface area contributed by atoms with Crippen molar-refractivity contribution in [2.24, 2.45) is 0 Å². The molecule has 0 saturated carbocycles. The van der Waals surface area contributed by atoms with Gasteiger partial charge in [-0.25, -0.2) is 19.3 Å². The second-order valence-corrected chi connectivity index (χ2v) is 6.77. The number of rotatable bonds is 3. The highest BCUT2D eigenvalue weighted by molar-refractivity contribution is 5.94. The third-order valence-corrected chi connectivity index (χ3v) is 4.97. The van der Waals surface area contributed by atoms with Crippen molar-refractivity contribution in [1.29, 1.82) is 0 Å². The third-order valence-electron chi connectivity index (χ3n) is 4.97. The standard InChI is InChI=1S/C21H13FN8/c22-14-4-2-1-3-12(14)13-7-8-23-20-17(13)27-21(28-20)19-18-16(29-30-19)6-5-15(26-18)11-9-24-25-10-11/h1-10H,(H,24,25)(H,29,30)(H,23,27,28). The zero-order chi connectivity index (χ0) is 20.1. The molecule has 5 heterocycles. The molecule has 8 nitrogen and oxygen atoms in total. The van der Waals surface area contributed by atoms with Gasteiger partial charge in [-0.15, -0.1) is 0 Å². The SMILES string of the molecule is Fc1ccccc1-c1ccnc2[nH]c(-c3n[nH]c4ccc(-c5cn[nH]c5)nc34)nc12. The molecular weight excluding hydrogens is 383 g/mol. The molecule has 0 amide bonds. The lowest BCUT2D eigenvalue weighted by Gasteiger charge is -2.03. The first kappa shape index (κ1) is 16.5. The number of hydrogen-bond donors (Lipinski definition) is 3. The van der Waals surface area contributed by atoms with Crippen LogP contribution in [-0.2, 0) is 0 Å². The Morgan fingerprint density at radius 3 is 2.70 bits per heavy atom. The van der Waals surface area contributed by atoms with Gasteiger partial charge in [-0.2, -0.15) is 10.2 Å². The van der Waals surface area contributed by atoms with Crippen LogP contribution in [0.15, 0.2) is 61.1 Å². The van der Waals surface area contributed by atoms with E-state index < -0.39 is 0 Å². The molecule has 0 atom stereocenters. The molecule has 5 aromatic heterocycles. The highest BCUT2D eigenvalue weighted by atomic mass is 19.1. The Morgan fingerprint density at radius 1 is 0.900 bits per heavy atom. The van der Waals surface area contributed by atoms with E-state index in [4.69, 9.17) is 4.98 Å². The Balaban J connectivity index is 1.54. The molecular formula is C21H13FN8. The quantitative estimate of drug-likeness (QED) is 0.417. The summed E-state index contributed by atoms with van der Waals surface area (Å²) in [4.78, 5) is 17.0. The minimum absolute atomic E-state index is 0.314. The molecule has 0 bridgehead atoms. The van der Waals surface area contributed by atoms with E-state index in [1.165, 1.54) is 6.07 Å². The van der Waals surface area contributed by atoms with E-state index in [-0.39, 0.29) is 5.82 Å². The molecule has 0 unspecified atom stereocenters. The van der Waals surface area contributed by atoms with E-state index in [0.717, 1.165) is 16.8 Å². The predicted octanol–water partition coefficient (Wildman–Crippen LogP) is 4.09. The first-order valence-electron chi connectivity index (χ1n) is 9.22. The largest absolute Gasteiger partial charge is 0.321 e. The van der Waals surface area contributed by atoms with E-state index in [1.807, 2.05) is 12.1 Å². The third kappa shape index (κ3) is 2.49. The van der Waals surface area contributed by atoms with Crippen LogP contribution in [0.4, 0.5) is 4.39 Å². The van der Waals surface area contributed by atoms with Gasteiger partial charge in [0.2, 0.25) is 0 Å². The van der Waals surface area contributed by atoms with E-state index in [0.29, 0.717) is 39.3 Å². The summed E-state index contributed by atoms with van der Waals surface area (Å²) < 4.78 is 14.4. The lowest BCUT2D eigenvalue weighted by atomic mass is 10.1. The lowest BCUT2D eigenvalue weighted by Crippen LogP contribution is -1.87. The summed E-state index contributed by atoms with van der Waals surface area (Å²) >= 11 is 0. The van der Waals surface area contributed by atoms with Crippen LogP contribution in [0.5, 0.6) is 0 Å². The molecule has 0 aliphatic carbocycles. The van der Waals surface area contributed by atoms with Crippen LogP contribution >= 0.6 is 0 Å². The number of benzene rings is 1. The second kappa shape index (κ2) is 6.31. The molecule has 9 heteroatoms. The van der Waals surface area contributed by atoms with Crippen LogP contribution in [0.1, 0.15) is 0 Å². The van der Waals surface area contributed by atoms with Gasteiger partial charge in [0.05, 0.1) is 17.4 Å². The second-order valence-electron chi connectivity index (χ2n) is 6.77. The zero-order valence-electron chi connectivity index (χ0n) is 15.4. The smallest absolute Gasteiger partial charge is 0.162 e. The highest BCUT2D eigenvalue weighted by Gasteiger charge is 2.18. The molecule has 6 rings (SSSR count). The van der Waals surface area contributed by atoms with Crippen LogP contribution < -0.4 is 0 Å². The van der Waals surface area contributed by atoms with Gasteiger partial charge in [0.15, 0.2) is 17.2 Å². The molecule has 3 N–H and O–H groups in total. The maximum atomic E-state index is 14.4. The van der Waals surface area contributed by atoms with Crippen LogP contribution in [-0.4, -0.2) is 40.3 Å². The van der Waals surface area contributed by atoms with Gasteiger partial charge in [-0.05, 0) is 24.3 Å². The molecule has 0 aliphatic heterocycles. The Morgan fingerprint density at radius 2 is 1.83 bits per heavy atom. The number of fused-ring (bicyclic) bond motifs is 2. The number of aromatic nitrogens is 8. The Labute approximate surface area is 168 Å². The van der Waals surface area contributed by atoms with Crippen LogP contribution in [0, 0.1) is 5.82 Å². The van der Waals surface area contributed by atoms with Crippen molar-refractivity contribution < 1.29 is 4.39 Å². The number of pyridine rings is 2. The number of aromatic amines is 3. The van der Waals surface area contributed by atoms with Crippen molar-refractivity contribution in [2.45, 2.75) is 0 Å². The Kier molecular flexibility index (Phi) is 3.48. The van der Waals surface area contributed by atoms with Gasteiger partial charge in [0, 0.05) is 29.1 Å². The van der Waals surface area contributed by atoms with Crippen molar-refractivity contribution in [3.63, 3.8) is 0 Å². The molecule has 6 aromatic rings. The fraction of sp³-hybridized carbons (Fsp3) is 0. The summed E-state index contributed by atoms with van der Waals surface area (Å²) in [5.74, 6) is 0.190. The molecule has 0 fully saturated rings. The number of H-pyrrole nitrogens is 3. The monoisotopic (exact) mass is 396 g/mol. The van der Waals surface area contributed by atoms with Gasteiger partial charge >= 0.3 is 0 Å². The molecule has 30 heavy (non-hydrogen) atoms. The minimum atomic E-state index is -0.314. The van der Waals surface area contributed by atoms with E-state index in [1.54, 1.807) is 42.9 Å². The fourth-order valence-electron chi connectivity index (χ4n) is 3.54. The highest BCUT2D eigenvalue weighted by Crippen LogP contribution is 2.31. The van der Waals surface area contributed by atoms with Gasteiger partial charge in [0.25, 0.3) is 0 Å². The van der Waals surface area contributed by atoms with Crippen molar-refractivity contribution in [3.05, 3.63) is 66.9 Å². The maximum absolute atomic E-state index is 14.4. The molecule has 0 saturated heterocycles. The van der Waals surface area contributed by atoms with Crippen LogP contribution in [0.3, 0.4) is 0 Å². The summed E-state index contributed by atoms with van der Waals surface area (Å²) in [6, 6.07) is 12.2. The van der Waals surface area contributed by atoms with E-state index in [2.05, 4.69) is 35.3 Å². The molecule has 144 valence electrons. The van der Waals surface area contributed by atoms with Crippen LogP contribution in [0.2, 0.25) is 0 Å². The van der Waals surface area contributed by atoms with Crippen molar-refractivity contribution in [1.82, 2.24) is 40.3 Å².